The van der Waals surface area contributed by atoms with E-state index >= 15 is 0 Å². The van der Waals surface area contributed by atoms with Gasteiger partial charge in [0.1, 0.15) is 24.9 Å². The minimum Gasteiger partial charge on any atom is -0.362 e. The van der Waals surface area contributed by atoms with Crippen LogP contribution in [0.15, 0.2) is 30.3 Å². The van der Waals surface area contributed by atoms with Crippen LogP contribution in [0.25, 0.3) is 0 Å². The van der Waals surface area contributed by atoms with Gasteiger partial charge in [0.15, 0.2) is 0 Å². The monoisotopic (exact) mass is 495 g/mol. The highest BCUT2D eigenvalue weighted by Crippen LogP contribution is 2.30. The van der Waals surface area contributed by atoms with Crippen LogP contribution in [0.5, 0.6) is 0 Å². The number of aryl methyl sites for hydroxylation is 1. The molecular formula is C25H36F3N5O2. The minimum atomic E-state index is -4.46. The van der Waals surface area contributed by atoms with Gasteiger partial charge in [0, 0.05) is 31.1 Å². The molecule has 1 aliphatic rings. The third kappa shape index (κ3) is 7.76. The molecule has 1 amide bonds. The lowest BCUT2D eigenvalue weighted by Crippen LogP contribution is -2.43. The Bertz CT molecular complexity index is 940. The number of rotatable bonds is 10. The van der Waals surface area contributed by atoms with Crippen molar-refractivity contribution in [2.24, 2.45) is 0 Å². The van der Waals surface area contributed by atoms with E-state index in [9.17, 15) is 18.0 Å². The first-order valence-electron chi connectivity index (χ1n) is 12.2. The van der Waals surface area contributed by atoms with Crippen LogP contribution in [-0.4, -0.2) is 64.1 Å². The van der Waals surface area contributed by atoms with Crippen LogP contribution in [0.3, 0.4) is 0 Å². The first-order chi connectivity index (χ1) is 16.5. The minimum absolute atomic E-state index is 0.170. The van der Waals surface area contributed by atoms with E-state index in [4.69, 9.17) is 0 Å². The maximum atomic E-state index is 12.3. The van der Waals surface area contributed by atoms with Crippen LogP contribution in [0.2, 0.25) is 0 Å². The quantitative estimate of drug-likeness (QED) is 0.523. The average Bonchev–Trinajstić information content (AvgIpc) is 3.20. The van der Waals surface area contributed by atoms with Crippen LogP contribution in [0.1, 0.15) is 75.2 Å². The Hall–Kier alpha value is -2.46. The van der Waals surface area contributed by atoms with Gasteiger partial charge in [0.05, 0.1) is 6.04 Å². The fourth-order valence-corrected chi connectivity index (χ4v) is 4.76. The Morgan fingerprint density at radius 1 is 1.14 bits per heavy atom. The van der Waals surface area contributed by atoms with Gasteiger partial charge in [-0.1, -0.05) is 44.2 Å². The number of benzene rings is 1. The van der Waals surface area contributed by atoms with Crippen molar-refractivity contribution in [3.63, 3.8) is 0 Å². The zero-order valence-electron chi connectivity index (χ0n) is 20.9. The predicted octanol–water partition coefficient (Wildman–Crippen LogP) is 4.56. The molecule has 1 fully saturated rings. The number of halogens is 3. The smallest absolute Gasteiger partial charge is 0.362 e. The lowest BCUT2D eigenvalue weighted by molar-refractivity contribution is -0.175. The molecule has 1 N–H and O–H groups in total. The summed E-state index contributed by atoms with van der Waals surface area (Å²) in [5.74, 6) is 1.72. The number of carbonyl (C=O) groups is 1. The second kappa shape index (κ2) is 12.0. The fourth-order valence-electron chi connectivity index (χ4n) is 4.76. The van der Waals surface area contributed by atoms with Crippen LogP contribution in [-0.2, 0) is 9.53 Å². The molecule has 2 aromatic rings. The third-order valence-electron chi connectivity index (χ3n) is 6.51. The van der Waals surface area contributed by atoms with E-state index < -0.39 is 25.3 Å². The molecule has 0 radical (unpaired) electrons. The molecule has 2 heterocycles. The molecule has 194 valence electrons. The molecule has 1 aliphatic heterocycles. The normalized spacial score (nSPS) is 17.5. The highest BCUT2D eigenvalue weighted by molar-refractivity contribution is 5.77. The summed E-state index contributed by atoms with van der Waals surface area (Å²) in [4.78, 5) is 14.7. The maximum Gasteiger partial charge on any atom is 0.411 e. The number of piperidine rings is 1. The van der Waals surface area contributed by atoms with Gasteiger partial charge in [-0.25, -0.2) is 0 Å². The standard InChI is InChI=1S/C25H36F3N5O2/c1-17(2)24-31-30-19(4)33(24)21-10-12-32(13-11-21)18(3)14-22(20-8-6-5-7-9-20)29-23(34)15-35-16-25(26,27)28/h5-9,17-18,21-22H,10-16H2,1-4H3,(H,29,34)/t18?,22-/m0/s1. The number of carbonyl (C=O) groups excluding carboxylic acids is 1. The number of amides is 1. The summed E-state index contributed by atoms with van der Waals surface area (Å²) in [6, 6.07) is 9.72. The molecule has 0 saturated carbocycles. The summed E-state index contributed by atoms with van der Waals surface area (Å²) in [6.45, 7) is 8.14. The first kappa shape index (κ1) is 27.1. The SMILES string of the molecule is Cc1nnc(C(C)C)n1C1CCN(C(C)C[C@H](NC(=O)COCC(F)(F)F)c2ccccc2)CC1. The number of ether oxygens (including phenoxy) is 1. The Balaban J connectivity index is 1.59. The Morgan fingerprint density at radius 3 is 2.40 bits per heavy atom. The van der Waals surface area contributed by atoms with E-state index in [2.05, 4.69) is 50.5 Å². The van der Waals surface area contributed by atoms with Crippen LogP contribution < -0.4 is 5.32 Å². The lowest BCUT2D eigenvalue weighted by Gasteiger charge is -2.38. The maximum absolute atomic E-state index is 12.3. The molecule has 0 spiro atoms. The van der Waals surface area contributed by atoms with Gasteiger partial charge >= 0.3 is 6.18 Å². The largest absolute Gasteiger partial charge is 0.411 e. The van der Waals surface area contributed by atoms with Crippen molar-refractivity contribution in [2.75, 3.05) is 26.3 Å². The molecule has 3 rings (SSSR count). The van der Waals surface area contributed by atoms with Crippen molar-refractivity contribution in [3.8, 4) is 0 Å². The lowest BCUT2D eigenvalue weighted by atomic mass is 9.96. The van der Waals surface area contributed by atoms with E-state index in [0.717, 1.165) is 43.1 Å². The van der Waals surface area contributed by atoms with Crippen LogP contribution in [0.4, 0.5) is 13.2 Å². The Labute approximate surface area is 205 Å². The second-order valence-corrected chi connectivity index (χ2v) is 9.62. The van der Waals surface area contributed by atoms with Crippen LogP contribution >= 0.6 is 0 Å². The van der Waals surface area contributed by atoms with Crippen molar-refractivity contribution in [2.45, 2.75) is 77.2 Å². The summed E-state index contributed by atoms with van der Waals surface area (Å²) in [5, 5.41) is 11.5. The highest BCUT2D eigenvalue weighted by atomic mass is 19.4. The number of likely N-dealkylation sites (tertiary alicyclic amines) is 1. The topological polar surface area (TPSA) is 72.3 Å². The third-order valence-corrected chi connectivity index (χ3v) is 6.51. The second-order valence-electron chi connectivity index (χ2n) is 9.62. The number of aromatic nitrogens is 3. The molecule has 1 unspecified atom stereocenters. The Morgan fingerprint density at radius 2 is 1.80 bits per heavy atom. The molecule has 2 atom stereocenters. The van der Waals surface area contributed by atoms with E-state index in [1.54, 1.807) is 0 Å². The van der Waals surface area contributed by atoms with E-state index in [-0.39, 0.29) is 12.1 Å². The van der Waals surface area contributed by atoms with Gasteiger partial charge in [0.2, 0.25) is 5.91 Å². The van der Waals surface area contributed by atoms with Crippen molar-refractivity contribution in [3.05, 3.63) is 47.5 Å². The first-order valence-corrected chi connectivity index (χ1v) is 12.2. The number of alkyl halides is 3. The molecule has 1 saturated heterocycles. The van der Waals surface area contributed by atoms with Crippen LogP contribution in [0, 0.1) is 6.92 Å². The van der Waals surface area contributed by atoms with Gasteiger partial charge in [0.25, 0.3) is 0 Å². The molecular weight excluding hydrogens is 459 g/mol. The highest BCUT2D eigenvalue weighted by Gasteiger charge is 2.30. The van der Waals surface area contributed by atoms with Gasteiger partial charge < -0.3 is 19.5 Å². The summed E-state index contributed by atoms with van der Waals surface area (Å²) in [5.41, 5.74) is 0.917. The summed E-state index contributed by atoms with van der Waals surface area (Å²) >= 11 is 0. The zero-order valence-corrected chi connectivity index (χ0v) is 20.9. The molecule has 7 nitrogen and oxygen atoms in total. The fraction of sp³-hybridized carbons (Fsp3) is 0.640. The van der Waals surface area contributed by atoms with E-state index in [0.29, 0.717) is 18.4 Å². The van der Waals surface area contributed by atoms with Gasteiger partial charge in [-0.05, 0) is 38.7 Å². The van der Waals surface area contributed by atoms with Crippen molar-refractivity contribution in [1.29, 1.82) is 0 Å². The average molecular weight is 496 g/mol. The molecule has 0 bridgehead atoms. The van der Waals surface area contributed by atoms with E-state index in [1.807, 2.05) is 37.3 Å². The van der Waals surface area contributed by atoms with E-state index in [1.165, 1.54) is 0 Å². The predicted molar refractivity (Wildman–Crippen MR) is 127 cm³/mol. The van der Waals surface area contributed by atoms with Crippen molar-refractivity contribution < 1.29 is 22.7 Å². The molecule has 1 aromatic carbocycles. The summed E-state index contributed by atoms with van der Waals surface area (Å²) in [6.07, 6.45) is -1.85. The Kier molecular flexibility index (Phi) is 9.29. The van der Waals surface area contributed by atoms with Gasteiger partial charge in [-0.2, -0.15) is 13.2 Å². The number of hydrogen-bond acceptors (Lipinski definition) is 5. The molecule has 0 aliphatic carbocycles. The molecule has 35 heavy (non-hydrogen) atoms. The van der Waals surface area contributed by atoms with Crippen molar-refractivity contribution in [1.82, 2.24) is 25.0 Å². The number of hydrogen-bond donors (Lipinski definition) is 1. The van der Waals surface area contributed by atoms with Gasteiger partial charge in [-0.3, -0.25) is 4.79 Å². The number of nitrogens with one attached hydrogen (secondary N) is 1. The summed E-state index contributed by atoms with van der Waals surface area (Å²) < 4.78 is 43.8. The number of nitrogens with zero attached hydrogens (tertiary/aromatic N) is 4. The van der Waals surface area contributed by atoms with Gasteiger partial charge in [-0.15, -0.1) is 10.2 Å². The molecule has 10 heteroatoms. The zero-order chi connectivity index (χ0) is 25.6. The summed E-state index contributed by atoms with van der Waals surface area (Å²) in [7, 11) is 0. The van der Waals surface area contributed by atoms with Crippen molar-refractivity contribution >= 4 is 5.91 Å². The molecule has 1 aromatic heterocycles.